The highest BCUT2D eigenvalue weighted by Gasteiger charge is 2.40. The van der Waals surface area contributed by atoms with E-state index in [-0.39, 0.29) is 5.75 Å². The summed E-state index contributed by atoms with van der Waals surface area (Å²) in [6.45, 7) is 5.73. The second-order valence-electron chi connectivity index (χ2n) is 6.08. The minimum atomic E-state index is -1.49. The van der Waals surface area contributed by atoms with Gasteiger partial charge in [0.1, 0.15) is 22.3 Å². The van der Waals surface area contributed by atoms with Gasteiger partial charge in [-0.2, -0.15) is 0 Å². The molecule has 1 aliphatic rings. The summed E-state index contributed by atoms with van der Waals surface area (Å²) in [6.07, 6.45) is 1.28. The van der Waals surface area contributed by atoms with Gasteiger partial charge in [-0.05, 0) is 20.3 Å². The third kappa shape index (κ3) is 5.10. The fourth-order valence-corrected chi connectivity index (χ4v) is 3.55. The Labute approximate surface area is 161 Å². The Bertz CT molecular complexity index is 807. The van der Waals surface area contributed by atoms with Gasteiger partial charge in [-0.25, -0.2) is 9.79 Å². The molecule has 0 aromatic carbocycles. The van der Waals surface area contributed by atoms with E-state index in [1.807, 2.05) is 13.8 Å². The lowest BCUT2D eigenvalue weighted by Gasteiger charge is -2.24. The zero-order valence-corrected chi connectivity index (χ0v) is 16.3. The number of thioether (sulfide) groups is 1. The summed E-state index contributed by atoms with van der Waals surface area (Å²) in [5.74, 6) is 0.391. The molecule has 4 N–H and O–H groups in total. The molecule has 2 rings (SSSR count). The van der Waals surface area contributed by atoms with Crippen molar-refractivity contribution in [2.75, 3.05) is 12.4 Å². The van der Waals surface area contributed by atoms with Crippen molar-refractivity contribution in [3.8, 4) is 5.75 Å². The third-order valence-corrected chi connectivity index (χ3v) is 5.13. The van der Waals surface area contributed by atoms with Crippen LogP contribution < -0.4 is 21.4 Å². The molecule has 10 heteroatoms. The standard InChI is InChI=1S/C17H24N4O5S/c1-4-6-12(13-7-11(25-5-2)8-14(22)26-13)19-16(23)17(18)9-27-15(20-17)10(3)21-24/h7-8,12,24H,4-6,9,18H2,1-3H3,(H,19,23)/b21-10+/t12-,17+/m1/s1. The van der Waals surface area contributed by atoms with Gasteiger partial charge in [0.05, 0.1) is 18.7 Å². The Morgan fingerprint density at radius 3 is 2.93 bits per heavy atom. The summed E-state index contributed by atoms with van der Waals surface area (Å²) in [5.41, 5.74) is 4.39. The number of carbonyl (C=O) groups excluding carboxylic acids is 1. The third-order valence-electron chi connectivity index (χ3n) is 3.88. The van der Waals surface area contributed by atoms with E-state index in [1.54, 1.807) is 13.0 Å². The average Bonchev–Trinajstić information content (AvgIpc) is 3.04. The number of nitrogens with zero attached hydrogens (tertiary/aromatic N) is 2. The van der Waals surface area contributed by atoms with Crippen LogP contribution in [0.5, 0.6) is 5.75 Å². The molecule has 1 aromatic rings. The summed E-state index contributed by atoms with van der Waals surface area (Å²) in [4.78, 5) is 28.8. The highest BCUT2D eigenvalue weighted by atomic mass is 32.2. The van der Waals surface area contributed by atoms with Gasteiger partial charge < -0.3 is 19.7 Å². The first-order valence-electron chi connectivity index (χ1n) is 8.62. The van der Waals surface area contributed by atoms with Gasteiger partial charge in [-0.15, -0.1) is 11.8 Å². The highest BCUT2D eigenvalue weighted by molar-refractivity contribution is 8.16. The summed E-state index contributed by atoms with van der Waals surface area (Å²) in [5, 5.41) is 15.2. The molecule has 2 atom stereocenters. The molecular weight excluding hydrogens is 372 g/mol. The van der Waals surface area contributed by atoms with Gasteiger partial charge in [-0.3, -0.25) is 10.5 Å². The van der Waals surface area contributed by atoms with Crippen LogP contribution in [0.4, 0.5) is 0 Å². The molecule has 27 heavy (non-hydrogen) atoms. The molecule has 1 aromatic heterocycles. The molecule has 1 amide bonds. The van der Waals surface area contributed by atoms with Crippen LogP contribution >= 0.6 is 11.8 Å². The van der Waals surface area contributed by atoms with Crippen LogP contribution in [-0.4, -0.2) is 39.9 Å². The maximum absolute atomic E-state index is 12.8. The quantitative estimate of drug-likeness (QED) is 0.345. The molecule has 0 saturated carbocycles. The molecule has 0 fully saturated rings. The number of oxime groups is 1. The van der Waals surface area contributed by atoms with Gasteiger partial charge in [-0.1, -0.05) is 18.5 Å². The number of nitrogens with two attached hydrogens (primary N) is 1. The molecule has 0 unspecified atom stereocenters. The molecule has 9 nitrogen and oxygen atoms in total. The normalized spacial score (nSPS) is 20.9. The van der Waals surface area contributed by atoms with Crippen LogP contribution in [0.15, 0.2) is 31.5 Å². The second kappa shape index (κ2) is 9.05. The predicted octanol–water partition coefficient (Wildman–Crippen LogP) is 1.65. The van der Waals surface area contributed by atoms with Crippen LogP contribution in [0.25, 0.3) is 0 Å². The fraction of sp³-hybridized carbons (Fsp3) is 0.529. The molecule has 0 spiro atoms. The molecule has 1 aliphatic heterocycles. The number of nitrogens with one attached hydrogen (secondary N) is 1. The predicted molar refractivity (Wildman–Crippen MR) is 104 cm³/mol. The molecular formula is C17H24N4O5S. The Kier molecular flexibility index (Phi) is 7.03. The Morgan fingerprint density at radius 1 is 1.56 bits per heavy atom. The summed E-state index contributed by atoms with van der Waals surface area (Å²) >= 11 is 1.24. The lowest BCUT2D eigenvalue weighted by atomic mass is 10.1. The van der Waals surface area contributed by atoms with Crippen molar-refractivity contribution < 1.29 is 19.2 Å². The fourth-order valence-electron chi connectivity index (χ4n) is 2.52. The number of ether oxygens (including phenoxy) is 1. The largest absolute Gasteiger partial charge is 0.493 e. The number of amides is 1. The first-order chi connectivity index (χ1) is 12.8. The Hall–Kier alpha value is -2.33. The number of rotatable bonds is 8. The van der Waals surface area contributed by atoms with Gasteiger partial charge in [0.25, 0.3) is 5.91 Å². The van der Waals surface area contributed by atoms with E-state index in [2.05, 4.69) is 15.5 Å². The first kappa shape index (κ1) is 21.0. The van der Waals surface area contributed by atoms with Crippen molar-refractivity contribution in [2.45, 2.75) is 45.3 Å². The van der Waals surface area contributed by atoms with Crippen molar-refractivity contribution in [3.63, 3.8) is 0 Å². The summed E-state index contributed by atoms with van der Waals surface area (Å²) in [7, 11) is 0. The topological polar surface area (TPSA) is 140 Å². The molecule has 0 saturated heterocycles. The van der Waals surface area contributed by atoms with E-state index in [9.17, 15) is 9.59 Å². The second-order valence-corrected chi connectivity index (χ2v) is 7.04. The molecule has 148 valence electrons. The average molecular weight is 396 g/mol. The van der Waals surface area contributed by atoms with Gasteiger partial charge in [0.2, 0.25) is 0 Å². The summed E-state index contributed by atoms with van der Waals surface area (Å²) < 4.78 is 10.6. The molecule has 0 bridgehead atoms. The minimum Gasteiger partial charge on any atom is -0.493 e. The number of aliphatic imine (C=N–C) groups is 1. The SMILES string of the molecule is CCC[C@@H](NC(=O)[C@]1(N)CSC(/C(C)=N/O)=N1)c1cc(OCC)cc(=O)o1. The van der Waals surface area contributed by atoms with E-state index < -0.39 is 23.2 Å². The number of hydrogen-bond donors (Lipinski definition) is 3. The Balaban J connectivity index is 2.25. The lowest BCUT2D eigenvalue weighted by molar-refractivity contribution is -0.126. The Morgan fingerprint density at radius 2 is 2.30 bits per heavy atom. The zero-order chi connectivity index (χ0) is 20.0. The number of carbonyl (C=O) groups is 1. The number of hydrogen-bond acceptors (Lipinski definition) is 9. The van der Waals surface area contributed by atoms with Crippen molar-refractivity contribution in [1.29, 1.82) is 0 Å². The van der Waals surface area contributed by atoms with Crippen molar-refractivity contribution in [2.24, 2.45) is 15.9 Å². The molecule has 2 heterocycles. The van der Waals surface area contributed by atoms with Crippen LogP contribution in [0, 0.1) is 0 Å². The van der Waals surface area contributed by atoms with Crippen LogP contribution in [-0.2, 0) is 4.79 Å². The lowest BCUT2D eigenvalue weighted by Crippen LogP contribution is -2.54. The maximum Gasteiger partial charge on any atom is 0.339 e. The van der Waals surface area contributed by atoms with Crippen LogP contribution in [0.1, 0.15) is 45.4 Å². The maximum atomic E-state index is 12.8. The van der Waals surface area contributed by atoms with E-state index in [0.717, 1.165) is 6.42 Å². The van der Waals surface area contributed by atoms with E-state index in [4.69, 9.17) is 20.1 Å². The van der Waals surface area contributed by atoms with E-state index in [0.29, 0.717) is 35.3 Å². The monoisotopic (exact) mass is 396 g/mol. The van der Waals surface area contributed by atoms with Crippen LogP contribution in [0.2, 0.25) is 0 Å². The minimum absolute atomic E-state index is 0.211. The smallest absolute Gasteiger partial charge is 0.339 e. The van der Waals surface area contributed by atoms with E-state index in [1.165, 1.54) is 17.8 Å². The van der Waals surface area contributed by atoms with Gasteiger partial charge in [0.15, 0.2) is 5.66 Å². The molecule has 0 aliphatic carbocycles. The van der Waals surface area contributed by atoms with Crippen molar-refractivity contribution >= 4 is 28.4 Å². The highest BCUT2D eigenvalue weighted by Crippen LogP contribution is 2.27. The molecule has 0 radical (unpaired) electrons. The van der Waals surface area contributed by atoms with Gasteiger partial charge >= 0.3 is 5.63 Å². The first-order valence-corrected chi connectivity index (χ1v) is 9.61. The van der Waals surface area contributed by atoms with Crippen molar-refractivity contribution in [3.05, 3.63) is 28.3 Å². The van der Waals surface area contributed by atoms with E-state index >= 15 is 0 Å². The van der Waals surface area contributed by atoms with Crippen LogP contribution in [0.3, 0.4) is 0 Å². The summed E-state index contributed by atoms with van der Waals surface area (Å²) in [6, 6.07) is 2.30. The van der Waals surface area contributed by atoms with Crippen molar-refractivity contribution in [1.82, 2.24) is 5.32 Å². The van der Waals surface area contributed by atoms with Gasteiger partial charge in [0, 0.05) is 11.8 Å². The zero-order valence-electron chi connectivity index (χ0n) is 15.5.